The van der Waals surface area contributed by atoms with Crippen LogP contribution in [0.2, 0.25) is 0 Å². The van der Waals surface area contributed by atoms with Gasteiger partial charge in [-0.25, -0.2) is 4.79 Å². The molecule has 0 heterocycles. The summed E-state index contributed by atoms with van der Waals surface area (Å²) in [5.74, 6) is 1.28. The van der Waals surface area contributed by atoms with E-state index in [0.717, 1.165) is 11.5 Å². The second-order valence-corrected chi connectivity index (χ2v) is 7.99. The Bertz CT molecular complexity index is 960. The Balaban J connectivity index is 1.60. The van der Waals surface area contributed by atoms with Crippen LogP contribution in [0.5, 0.6) is 11.5 Å². The number of benzene rings is 3. The minimum Gasteiger partial charge on any atom is -0.497 e. The van der Waals surface area contributed by atoms with E-state index >= 15 is 0 Å². The maximum atomic E-state index is 12.3. The predicted octanol–water partition coefficient (Wildman–Crippen LogP) is 6.04. The highest BCUT2D eigenvalue weighted by atomic mass is 16.6. The first kappa shape index (κ1) is 22.4. The third-order valence-corrected chi connectivity index (χ3v) is 5.56. The Labute approximate surface area is 184 Å². The lowest BCUT2D eigenvalue weighted by molar-refractivity contribution is 0.0165. The summed E-state index contributed by atoms with van der Waals surface area (Å²) in [6.45, 7) is 6.69. The fraction of sp³-hybridized carbons (Fsp3) is 0.296. The van der Waals surface area contributed by atoms with Crippen LogP contribution in [0.1, 0.15) is 48.7 Å². The molecule has 0 N–H and O–H groups in total. The second kappa shape index (κ2) is 10.2. The maximum Gasteiger partial charge on any atom is 0.338 e. The number of rotatable bonds is 9. The predicted molar refractivity (Wildman–Crippen MR) is 123 cm³/mol. The number of ether oxygens (including phenoxy) is 3. The Morgan fingerprint density at radius 3 is 1.90 bits per heavy atom. The Kier molecular flexibility index (Phi) is 7.35. The summed E-state index contributed by atoms with van der Waals surface area (Å²) in [5, 5.41) is 0. The van der Waals surface area contributed by atoms with Gasteiger partial charge in [0.2, 0.25) is 0 Å². The van der Waals surface area contributed by atoms with Gasteiger partial charge in [-0.2, -0.15) is 0 Å². The molecule has 0 fully saturated rings. The first-order valence-electron chi connectivity index (χ1n) is 10.6. The minimum absolute atomic E-state index is 0.151. The van der Waals surface area contributed by atoms with Crippen molar-refractivity contribution in [2.45, 2.75) is 38.7 Å². The molecule has 1 atom stereocenters. The Hall–Kier alpha value is -3.27. The molecule has 31 heavy (non-hydrogen) atoms. The Morgan fingerprint density at radius 1 is 0.839 bits per heavy atom. The van der Waals surface area contributed by atoms with Crippen molar-refractivity contribution in [3.63, 3.8) is 0 Å². The lowest BCUT2D eigenvalue weighted by atomic mass is 9.78. The summed E-state index contributed by atoms with van der Waals surface area (Å²) in [6.07, 6.45) is 0.379. The summed E-state index contributed by atoms with van der Waals surface area (Å²) in [6, 6.07) is 25.3. The highest BCUT2D eigenvalue weighted by Gasteiger charge is 2.23. The molecule has 162 valence electrons. The van der Waals surface area contributed by atoms with Crippen LogP contribution in [0, 0.1) is 0 Å². The van der Waals surface area contributed by atoms with E-state index in [-0.39, 0.29) is 17.5 Å². The topological polar surface area (TPSA) is 44.8 Å². The van der Waals surface area contributed by atoms with Crippen LogP contribution in [-0.4, -0.2) is 25.8 Å². The molecule has 0 spiro atoms. The molecule has 0 aliphatic carbocycles. The van der Waals surface area contributed by atoms with E-state index in [1.54, 1.807) is 19.2 Å². The van der Waals surface area contributed by atoms with Gasteiger partial charge in [0.1, 0.15) is 24.2 Å². The standard InChI is InChI=1S/C27H30O4/c1-5-23(31-26(28)20-9-7-6-8-10-20)19-30-25-17-13-22(14-18-25)27(2,3)21-11-15-24(29-4)16-12-21/h6-18,23H,5,19H2,1-4H3. The largest absolute Gasteiger partial charge is 0.497 e. The second-order valence-electron chi connectivity index (χ2n) is 7.99. The molecule has 0 aliphatic heterocycles. The van der Waals surface area contributed by atoms with Gasteiger partial charge in [-0.05, 0) is 53.9 Å². The number of carbonyl (C=O) groups is 1. The number of hydrogen-bond donors (Lipinski definition) is 0. The third-order valence-electron chi connectivity index (χ3n) is 5.56. The monoisotopic (exact) mass is 418 g/mol. The lowest BCUT2D eigenvalue weighted by Crippen LogP contribution is -2.24. The normalized spacial score (nSPS) is 12.1. The third kappa shape index (κ3) is 5.66. The molecule has 1 unspecified atom stereocenters. The fourth-order valence-electron chi connectivity index (χ4n) is 3.36. The van der Waals surface area contributed by atoms with Crippen molar-refractivity contribution in [2.75, 3.05) is 13.7 Å². The van der Waals surface area contributed by atoms with E-state index in [2.05, 4.69) is 38.1 Å². The molecular weight excluding hydrogens is 388 g/mol. The first-order chi connectivity index (χ1) is 14.9. The van der Waals surface area contributed by atoms with E-state index in [4.69, 9.17) is 14.2 Å². The van der Waals surface area contributed by atoms with Crippen molar-refractivity contribution in [3.8, 4) is 11.5 Å². The van der Waals surface area contributed by atoms with Crippen molar-refractivity contribution >= 4 is 5.97 Å². The molecule has 0 saturated heterocycles. The zero-order chi connectivity index (χ0) is 22.3. The lowest BCUT2D eigenvalue weighted by Gasteiger charge is -2.26. The van der Waals surface area contributed by atoms with E-state index in [1.807, 2.05) is 49.4 Å². The summed E-state index contributed by atoms with van der Waals surface area (Å²) < 4.78 is 16.8. The van der Waals surface area contributed by atoms with Crippen LogP contribution in [0.4, 0.5) is 0 Å². The molecule has 4 heteroatoms. The zero-order valence-electron chi connectivity index (χ0n) is 18.6. The highest BCUT2D eigenvalue weighted by molar-refractivity contribution is 5.89. The van der Waals surface area contributed by atoms with Crippen LogP contribution in [0.15, 0.2) is 78.9 Å². The van der Waals surface area contributed by atoms with Crippen LogP contribution in [0.3, 0.4) is 0 Å². The highest BCUT2D eigenvalue weighted by Crippen LogP contribution is 2.33. The van der Waals surface area contributed by atoms with Crippen LogP contribution in [0.25, 0.3) is 0 Å². The first-order valence-corrected chi connectivity index (χ1v) is 10.6. The fourth-order valence-corrected chi connectivity index (χ4v) is 3.36. The number of esters is 1. The van der Waals surface area contributed by atoms with Crippen LogP contribution >= 0.6 is 0 Å². The molecule has 4 nitrogen and oxygen atoms in total. The van der Waals surface area contributed by atoms with Crippen molar-refractivity contribution in [1.29, 1.82) is 0 Å². The molecule has 3 aromatic rings. The van der Waals surface area contributed by atoms with E-state index in [0.29, 0.717) is 18.6 Å². The average molecular weight is 419 g/mol. The van der Waals surface area contributed by atoms with Gasteiger partial charge in [-0.3, -0.25) is 0 Å². The molecule has 3 aromatic carbocycles. The number of methoxy groups -OCH3 is 1. The quantitative estimate of drug-likeness (QED) is 0.398. The van der Waals surface area contributed by atoms with Gasteiger partial charge in [-0.1, -0.05) is 63.2 Å². The zero-order valence-corrected chi connectivity index (χ0v) is 18.6. The molecule has 0 amide bonds. The number of carbonyl (C=O) groups excluding carboxylic acids is 1. The summed E-state index contributed by atoms with van der Waals surface area (Å²) in [5.41, 5.74) is 2.79. The summed E-state index contributed by atoms with van der Waals surface area (Å²) in [7, 11) is 1.67. The maximum absolute atomic E-state index is 12.3. The molecule has 0 aliphatic rings. The van der Waals surface area contributed by atoms with Crippen molar-refractivity contribution < 1.29 is 19.0 Å². The smallest absolute Gasteiger partial charge is 0.338 e. The average Bonchev–Trinajstić information content (AvgIpc) is 2.82. The SMILES string of the molecule is CCC(COc1ccc(C(C)(C)c2ccc(OC)cc2)cc1)OC(=O)c1ccccc1. The van der Waals surface area contributed by atoms with Gasteiger partial charge >= 0.3 is 5.97 Å². The van der Waals surface area contributed by atoms with Gasteiger partial charge in [0.15, 0.2) is 0 Å². The van der Waals surface area contributed by atoms with Gasteiger partial charge in [-0.15, -0.1) is 0 Å². The van der Waals surface area contributed by atoms with Gasteiger partial charge < -0.3 is 14.2 Å². The van der Waals surface area contributed by atoms with Gasteiger partial charge in [0, 0.05) is 5.41 Å². The van der Waals surface area contributed by atoms with E-state index in [9.17, 15) is 4.79 Å². The van der Waals surface area contributed by atoms with E-state index < -0.39 is 0 Å². The Morgan fingerprint density at radius 2 is 1.39 bits per heavy atom. The summed E-state index contributed by atoms with van der Waals surface area (Å²) in [4.78, 5) is 12.3. The van der Waals surface area contributed by atoms with Gasteiger partial charge in [0.25, 0.3) is 0 Å². The minimum atomic E-state index is -0.326. The van der Waals surface area contributed by atoms with Gasteiger partial charge in [0.05, 0.1) is 12.7 Å². The molecule has 0 aromatic heterocycles. The van der Waals surface area contributed by atoms with Crippen LogP contribution < -0.4 is 9.47 Å². The van der Waals surface area contributed by atoms with Crippen molar-refractivity contribution in [3.05, 3.63) is 95.6 Å². The van der Waals surface area contributed by atoms with E-state index in [1.165, 1.54) is 11.1 Å². The molecule has 0 bridgehead atoms. The van der Waals surface area contributed by atoms with Crippen LogP contribution in [-0.2, 0) is 10.2 Å². The molecule has 0 radical (unpaired) electrons. The molecular formula is C27H30O4. The molecule has 3 rings (SSSR count). The number of hydrogen-bond acceptors (Lipinski definition) is 4. The van der Waals surface area contributed by atoms with Crippen molar-refractivity contribution in [1.82, 2.24) is 0 Å². The summed E-state index contributed by atoms with van der Waals surface area (Å²) >= 11 is 0. The molecule has 0 saturated carbocycles. The van der Waals surface area contributed by atoms with Crippen molar-refractivity contribution in [2.24, 2.45) is 0 Å².